The summed E-state index contributed by atoms with van der Waals surface area (Å²) in [6, 6.07) is 0. The monoisotopic (exact) mass is 437 g/mol. The molecule has 0 aromatic heterocycles. The average Bonchev–Trinajstić information content (AvgIpc) is 3.29. The summed E-state index contributed by atoms with van der Waals surface area (Å²) in [6.07, 6.45) is 10.0. The van der Waals surface area contributed by atoms with Gasteiger partial charge in [-0.25, -0.2) is 8.78 Å². The minimum Gasteiger partial charge on any atom is -0.393 e. The molecule has 4 fully saturated rings. The van der Waals surface area contributed by atoms with Gasteiger partial charge in [-0.1, -0.05) is 37.1 Å². The fraction of sp³-hybridized carbons (Fsp3) is 0.846. The van der Waals surface area contributed by atoms with Crippen molar-refractivity contribution in [1.82, 2.24) is 4.90 Å². The highest BCUT2D eigenvalue weighted by atomic mass is 19.3. The van der Waals surface area contributed by atoms with Gasteiger partial charge in [0, 0.05) is 19.0 Å². The zero-order chi connectivity index (χ0) is 22.2. The van der Waals surface area contributed by atoms with Crippen molar-refractivity contribution in [3.8, 4) is 0 Å². The molecule has 1 heterocycles. The van der Waals surface area contributed by atoms with Gasteiger partial charge in [0.1, 0.15) is 0 Å². The standard InChI is InChI=1S/C26H41F2NO2/c1-17(15-29-11-9-20(16-29)25(27)28)23-7-8-24-19(4-3-10-26(23,24)2)6-5-18-12-21(30)14-22(31)13-18/h5-6,17,20-25,30-31H,3-4,7-16H2,1-2H3/b19-6+/t17?,20-,21+,22+,23+,24-,26+/m0/s1. The summed E-state index contributed by atoms with van der Waals surface area (Å²) in [4.78, 5) is 2.28. The van der Waals surface area contributed by atoms with Crippen molar-refractivity contribution in [1.29, 1.82) is 0 Å². The summed E-state index contributed by atoms with van der Waals surface area (Å²) in [5.74, 6) is 1.36. The smallest absolute Gasteiger partial charge is 0.242 e. The normalized spacial score (nSPS) is 41.7. The number of aliphatic hydroxyl groups excluding tert-OH is 2. The van der Waals surface area contributed by atoms with Gasteiger partial charge < -0.3 is 15.1 Å². The predicted octanol–water partition coefficient (Wildman–Crippen LogP) is 5.18. The lowest BCUT2D eigenvalue weighted by molar-refractivity contribution is 0.0609. The number of allylic oxidation sites excluding steroid dienone is 3. The largest absolute Gasteiger partial charge is 0.393 e. The van der Waals surface area contributed by atoms with Crippen LogP contribution in [0.15, 0.2) is 23.3 Å². The molecule has 0 aromatic rings. The van der Waals surface area contributed by atoms with Crippen LogP contribution in [0, 0.1) is 29.1 Å². The Bertz CT molecular complexity index is 681. The zero-order valence-electron chi connectivity index (χ0n) is 19.3. The Kier molecular flexibility index (Phi) is 7.24. The van der Waals surface area contributed by atoms with Crippen LogP contribution >= 0.6 is 0 Å². The van der Waals surface area contributed by atoms with E-state index in [4.69, 9.17) is 0 Å². The molecule has 0 bridgehead atoms. The van der Waals surface area contributed by atoms with Gasteiger partial charge in [0.2, 0.25) is 6.43 Å². The molecule has 4 rings (SSSR count). The molecule has 176 valence electrons. The number of nitrogens with zero attached hydrogens (tertiary/aromatic N) is 1. The van der Waals surface area contributed by atoms with Gasteiger partial charge >= 0.3 is 0 Å². The van der Waals surface area contributed by atoms with E-state index in [1.165, 1.54) is 25.7 Å². The summed E-state index contributed by atoms with van der Waals surface area (Å²) < 4.78 is 26.1. The lowest BCUT2D eigenvalue weighted by atomic mass is 9.61. The molecule has 4 aliphatic rings. The van der Waals surface area contributed by atoms with Crippen LogP contribution in [0.5, 0.6) is 0 Å². The second kappa shape index (κ2) is 9.61. The van der Waals surface area contributed by atoms with E-state index in [0.717, 1.165) is 25.1 Å². The molecule has 3 aliphatic carbocycles. The van der Waals surface area contributed by atoms with Crippen LogP contribution in [0.4, 0.5) is 8.78 Å². The molecule has 0 aromatic carbocycles. The number of likely N-dealkylation sites (tertiary alicyclic amines) is 1. The van der Waals surface area contributed by atoms with Gasteiger partial charge in [-0.05, 0) is 87.5 Å². The van der Waals surface area contributed by atoms with E-state index in [-0.39, 0.29) is 0 Å². The highest BCUT2D eigenvalue weighted by molar-refractivity contribution is 5.26. The van der Waals surface area contributed by atoms with Crippen molar-refractivity contribution in [3.63, 3.8) is 0 Å². The molecule has 3 saturated carbocycles. The first-order valence-electron chi connectivity index (χ1n) is 12.5. The van der Waals surface area contributed by atoms with E-state index in [1.807, 2.05) is 0 Å². The summed E-state index contributed by atoms with van der Waals surface area (Å²) in [5, 5.41) is 19.9. The topological polar surface area (TPSA) is 43.7 Å². The minimum atomic E-state index is -2.18. The number of alkyl halides is 2. The van der Waals surface area contributed by atoms with Crippen LogP contribution in [0.3, 0.4) is 0 Å². The maximum Gasteiger partial charge on any atom is 0.242 e. The van der Waals surface area contributed by atoms with Gasteiger partial charge in [-0.3, -0.25) is 0 Å². The van der Waals surface area contributed by atoms with E-state index in [9.17, 15) is 19.0 Å². The van der Waals surface area contributed by atoms with Gasteiger partial charge in [0.15, 0.2) is 0 Å². The Hall–Kier alpha value is -0.780. The highest BCUT2D eigenvalue weighted by Crippen LogP contribution is 2.59. The van der Waals surface area contributed by atoms with Crippen LogP contribution in [-0.2, 0) is 0 Å². The maximum absolute atomic E-state index is 13.1. The van der Waals surface area contributed by atoms with Crippen molar-refractivity contribution in [2.45, 2.75) is 90.3 Å². The molecule has 3 nitrogen and oxygen atoms in total. The lowest BCUT2D eigenvalue weighted by Crippen LogP contribution is -2.39. The van der Waals surface area contributed by atoms with Crippen molar-refractivity contribution in [2.75, 3.05) is 19.6 Å². The molecule has 2 N–H and O–H groups in total. The molecule has 0 radical (unpaired) electrons. The number of hydrogen-bond donors (Lipinski definition) is 2. The molecule has 0 amide bonds. The molecular weight excluding hydrogens is 396 g/mol. The summed E-state index contributed by atoms with van der Waals surface area (Å²) in [6.45, 7) is 7.16. The van der Waals surface area contributed by atoms with Gasteiger partial charge in [0.25, 0.3) is 0 Å². The number of aliphatic hydroxyl groups is 2. The third-order valence-corrected chi connectivity index (χ3v) is 9.01. The van der Waals surface area contributed by atoms with Crippen molar-refractivity contribution in [2.24, 2.45) is 29.1 Å². The number of fused-ring (bicyclic) bond motifs is 1. The third kappa shape index (κ3) is 5.09. The maximum atomic E-state index is 13.1. The number of rotatable bonds is 5. The second-order valence-electron chi connectivity index (χ2n) is 11.2. The first-order chi connectivity index (χ1) is 14.8. The summed E-state index contributed by atoms with van der Waals surface area (Å²) in [5.41, 5.74) is 3.01. The molecule has 7 atom stereocenters. The second-order valence-corrected chi connectivity index (χ2v) is 11.2. The SMILES string of the molecule is CC(CN1CC[C@H](C(F)F)C1)[C@H]1CC[C@H]2/C(=C/C=C3C[C@@H](O)C[C@H](O)C3)CCC[C@]12C. The van der Waals surface area contributed by atoms with Gasteiger partial charge in [-0.2, -0.15) is 0 Å². The summed E-state index contributed by atoms with van der Waals surface area (Å²) >= 11 is 0. The molecule has 1 unspecified atom stereocenters. The van der Waals surface area contributed by atoms with E-state index >= 15 is 0 Å². The predicted molar refractivity (Wildman–Crippen MR) is 120 cm³/mol. The number of halogens is 2. The van der Waals surface area contributed by atoms with Crippen LogP contribution in [-0.4, -0.2) is 53.4 Å². The van der Waals surface area contributed by atoms with E-state index in [0.29, 0.717) is 55.4 Å². The van der Waals surface area contributed by atoms with Crippen LogP contribution < -0.4 is 0 Å². The first-order valence-corrected chi connectivity index (χ1v) is 12.5. The van der Waals surface area contributed by atoms with Crippen LogP contribution in [0.2, 0.25) is 0 Å². The Morgan fingerprint density at radius 3 is 2.55 bits per heavy atom. The van der Waals surface area contributed by atoms with E-state index in [1.54, 1.807) is 5.57 Å². The molecular formula is C26H41F2NO2. The van der Waals surface area contributed by atoms with Crippen LogP contribution in [0.1, 0.15) is 71.6 Å². The third-order valence-electron chi connectivity index (χ3n) is 9.01. The van der Waals surface area contributed by atoms with E-state index < -0.39 is 24.6 Å². The zero-order valence-corrected chi connectivity index (χ0v) is 19.3. The quantitative estimate of drug-likeness (QED) is 0.623. The van der Waals surface area contributed by atoms with Crippen molar-refractivity contribution >= 4 is 0 Å². The lowest BCUT2D eigenvalue weighted by Gasteiger charge is -2.45. The number of hydrogen-bond acceptors (Lipinski definition) is 3. The molecule has 5 heteroatoms. The molecule has 31 heavy (non-hydrogen) atoms. The first kappa shape index (κ1) is 23.4. The highest BCUT2D eigenvalue weighted by Gasteiger charge is 2.51. The van der Waals surface area contributed by atoms with Crippen LogP contribution in [0.25, 0.3) is 0 Å². The Balaban J connectivity index is 1.41. The Morgan fingerprint density at radius 1 is 1.13 bits per heavy atom. The molecule has 1 aliphatic heterocycles. The average molecular weight is 438 g/mol. The van der Waals surface area contributed by atoms with Gasteiger partial charge in [-0.15, -0.1) is 0 Å². The van der Waals surface area contributed by atoms with Crippen molar-refractivity contribution in [3.05, 3.63) is 23.3 Å². The Labute approximate surface area is 186 Å². The molecule has 0 spiro atoms. The van der Waals surface area contributed by atoms with Gasteiger partial charge in [0.05, 0.1) is 12.2 Å². The van der Waals surface area contributed by atoms with E-state index in [2.05, 4.69) is 30.9 Å². The fourth-order valence-electron chi connectivity index (χ4n) is 7.51. The Morgan fingerprint density at radius 2 is 1.87 bits per heavy atom. The molecule has 1 saturated heterocycles. The summed E-state index contributed by atoms with van der Waals surface area (Å²) in [7, 11) is 0. The fourth-order valence-corrected chi connectivity index (χ4v) is 7.51. The minimum absolute atomic E-state index is 0.301. The van der Waals surface area contributed by atoms with Crippen molar-refractivity contribution < 1.29 is 19.0 Å².